The fourth-order valence-electron chi connectivity index (χ4n) is 1.64. The second-order valence-corrected chi connectivity index (χ2v) is 5.02. The molecule has 1 unspecified atom stereocenters. The van der Waals surface area contributed by atoms with Crippen LogP contribution in [0.1, 0.15) is 25.7 Å². The van der Waals surface area contributed by atoms with Gasteiger partial charge in [0.2, 0.25) is 0 Å². The number of halogens is 1. The summed E-state index contributed by atoms with van der Waals surface area (Å²) in [6.07, 6.45) is 1.74. The number of nitrogens with two attached hydrogens (primary N) is 1. The van der Waals surface area contributed by atoms with Crippen molar-refractivity contribution in [2.24, 2.45) is 11.7 Å². The number of hydrogen-bond acceptors (Lipinski definition) is 3. The fourth-order valence-corrected chi connectivity index (χ4v) is 1.83. The van der Waals surface area contributed by atoms with Crippen molar-refractivity contribution in [1.82, 2.24) is 9.97 Å². The topological polar surface area (TPSA) is 51.8 Å². The van der Waals surface area contributed by atoms with Crippen molar-refractivity contribution >= 4 is 11.6 Å². The third-order valence-electron chi connectivity index (χ3n) is 2.81. The molecule has 18 heavy (non-hydrogen) atoms. The minimum atomic E-state index is -0.149. The Bertz CT molecular complexity index is 540. The van der Waals surface area contributed by atoms with Crippen LogP contribution in [0.5, 0.6) is 0 Å². The predicted molar refractivity (Wildman–Crippen MR) is 74.2 cm³/mol. The van der Waals surface area contributed by atoms with E-state index in [1.807, 2.05) is 30.3 Å². The van der Waals surface area contributed by atoms with Crippen LogP contribution in [-0.4, -0.2) is 9.97 Å². The van der Waals surface area contributed by atoms with E-state index in [1.54, 1.807) is 6.20 Å². The minimum absolute atomic E-state index is 0.149. The zero-order chi connectivity index (χ0) is 13.1. The van der Waals surface area contributed by atoms with E-state index < -0.39 is 0 Å². The lowest BCUT2D eigenvalue weighted by Gasteiger charge is -2.14. The molecule has 0 saturated carbocycles. The van der Waals surface area contributed by atoms with Crippen LogP contribution < -0.4 is 5.73 Å². The molecule has 2 rings (SSSR count). The first-order chi connectivity index (χ1) is 8.58. The van der Waals surface area contributed by atoms with Crippen molar-refractivity contribution in [3.8, 4) is 11.3 Å². The van der Waals surface area contributed by atoms with Gasteiger partial charge < -0.3 is 5.73 Å². The zero-order valence-electron chi connectivity index (χ0n) is 10.5. The lowest BCUT2D eigenvalue weighted by atomic mass is 10.0. The molecule has 1 heterocycles. The summed E-state index contributed by atoms with van der Waals surface area (Å²) in [5.74, 6) is 0.974. The number of nitrogens with zero attached hydrogens (tertiary/aromatic N) is 2. The zero-order valence-corrected chi connectivity index (χ0v) is 11.2. The summed E-state index contributed by atoms with van der Waals surface area (Å²) in [5.41, 5.74) is 7.88. The predicted octanol–water partition coefficient (Wildman–Crippen LogP) is 3.45. The largest absolute Gasteiger partial charge is 0.321 e. The summed E-state index contributed by atoms with van der Waals surface area (Å²) >= 11 is 5.98. The van der Waals surface area contributed by atoms with Crippen molar-refractivity contribution in [3.05, 3.63) is 47.4 Å². The van der Waals surface area contributed by atoms with Gasteiger partial charge in [-0.25, -0.2) is 9.97 Å². The van der Waals surface area contributed by atoms with Gasteiger partial charge in [0.1, 0.15) is 5.82 Å². The van der Waals surface area contributed by atoms with Crippen LogP contribution in [0.4, 0.5) is 0 Å². The highest BCUT2D eigenvalue weighted by atomic mass is 35.5. The third kappa shape index (κ3) is 2.86. The molecule has 1 aromatic heterocycles. The monoisotopic (exact) mass is 261 g/mol. The van der Waals surface area contributed by atoms with Gasteiger partial charge in [-0.15, -0.1) is 0 Å². The van der Waals surface area contributed by atoms with E-state index in [2.05, 4.69) is 23.8 Å². The van der Waals surface area contributed by atoms with Crippen LogP contribution in [0.15, 0.2) is 36.5 Å². The summed E-state index contributed by atoms with van der Waals surface area (Å²) < 4.78 is 0. The van der Waals surface area contributed by atoms with Gasteiger partial charge in [0, 0.05) is 16.8 Å². The third-order valence-corrected chi connectivity index (χ3v) is 3.05. The second-order valence-electron chi connectivity index (χ2n) is 4.58. The van der Waals surface area contributed by atoms with E-state index >= 15 is 0 Å². The first-order valence-corrected chi connectivity index (χ1v) is 6.30. The van der Waals surface area contributed by atoms with Crippen molar-refractivity contribution in [3.63, 3.8) is 0 Å². The normalized spacial score (nSPS) is 12.7. The number of hydrogen-bond donors (Lipinski definition) is 1. The molecule has 0 spiro atoms. The van der Waals surface area contributed by atoms with E-state index in [-0.39, 0.29) is 6.04 Å². The molecular formula is C14H16ClN3. The maximum absolute atomic E-state index is 6.06. The van der Waals surface area contributed by atoms with Crippen LogP contribution in [0.25, 0.3) is 11.3 Å². The highest BCUT2D eigenvalue weighted by Gasteiger charge is 2.14. The molecule has 4 heteroatoms. The molecule has 0 radical (unpaired) electrons. The lowest BCUT2D eigenvalue weighted by molar-refractivity contribution is 0.490. The van der Waals surface area contributed by atoms with Gasteiger partial charge in [-0.1, -0.05) is 37.6 Å². The van der Waals surface area contributed by atoms with Crippen LogP contribution in [-0.2, 0) is 0 Å². The molecule has 0 aliphatic heterocycles. The van der Waals surface area contributed by atoms with E-state index in [4.69, 9.17) is 17.3 Å². The highest BCUT2D eigenvalue weighted by Crippen LogP contribution is 2.22. The average molecular weight is 262 g/mol. The van der Waals surface area contributed by atoms with Gasteiger partial charge in [0.15, 0.2) is 0 Å². The summed E-state index contributed by atoms with van der Waals surface area (Å²) in [6, 6.07) is 9.31. The SMILES string of the molecule is CC(C)C(N)c1nccc(-c2cccc(Cl)c2)n1. The van der Waals surface area contributed by atoms with Gasteiger partial charge in [-0.2, -0.15) is 0 Å². The van der Waals surface area contributed by atoms with E-state index in [0.717, 1.165) is 11.3 Å². The van der Waals surface area contributed by atoms with Gasteiger partial charge in [-0.05, 0) is 24.1 Å². The van der Waals surface area contributed by atoms with Crippen LogP contribution in [0.3, 0.4) is 0 Å². The number of benzene rings is 1. The summed E-state index contributed by atoms with van der Waals surface area (Å²) in [5, 5.41) is 0.695. The molecule has 0 bridgehead atoms. The molecule has 0 amide bonds. The first-order valence-electron chi connectivity index (χ1n) is 5.92. The maximum Gasteiger partial charge on any atom is 0.145 e. The standard InChI is InChI=1S/C14H16ClN3/c1-9(2)13(16)14-17-7-6-12(18-14)10-4-3-5-11(15)8-10/h3-9,13H,16H2,1-2H3. The van der Waals surface area contributed by atoms with Crippen LogP contribution in [0.2, 0.25) is 5.02 Å². The molecule has 2 N–H and O–H groups in total. The van der Waals surface area contributed by atoms with Gasteiger partial charge in [-0.3, -0.25) is 0 Å². The Morgan fingerprint density at radius 2 is 2.00 bits per heavy atom. The molecule has 0 saturated heterocycles. The molecule has 94 valence electrons. The van der Waals surface area contributed by atoms with Gasteiger partial charge >= 0.3 is 0 Å². The molecule has 0 aliphatic carbocycles. The molecule has 1 atom stereocenters. The molecule has 1 aromatic carbocycles. The molecule has 0 fully saturated rings. The van der Waals surface area contributed by atoms with Crippen molar-refractivity contribution < 1.29 is 0 Å². The quantitative estimate of drug-likeness (QED) is 0.921. The Hall–Kier alpha value is -1.45. The molecule has 0 aliphatic rings. The van der Waals surface area contributed by atoms with Gasteiger partial charge in [0.25, 0.3) is 0 Å². The Kier molecular flexibility index (Phi) is 3.94. The Balaban J connectivity index is 2.38. The average Bonchev–Trinajstić information content (AvgIpc) is 2.38. The van der Waals surface area contributed by atoms with Gasteiger partial charge in [0.05, 0.1) is 11.7 Å². The Morgan fingerprint density at radius 1 is 1.22 bits per heavy atom. The minimum Gasteiger partial charge on any atom is -0.321 e. The maximum atomic E-state index is 6.06. The number of rotatable bonds is 3. The highest BCUT2D eigenvalue weighted by molar-refractivity contribution is 6.30. The second kappa shape index (κ2) is 5.46. The van der Waals surface area contributed by atoms with Crippen molar-refractivity contribution in [1.29, 1.82) is 0 Å². The first kappa shape index (κ1) is 13.0. The molecule has 2 aromatic rings. The van der Waals surface area contributed by atoms with Crippen LogP contribution >= 0.6 is 11.6 Å². The Morgan fingerprint density at radius 3 is 2.67 bits per heavy atom. The van der Waals surface area contributed by atoms with Crippen LogP contribution in [0, 0.1) is 5.92 Å². The summed E-state index contributed by atoms with van der Waals surface area (Å²) in [4.78, 5) is 8.75. The van der Waals surface area contributed by atoms with Crippen molar-refractivity contribution in [2.45, 2.75) is 19.9 Å². The molecular weight excluding hydrogens is 246 g/mol. The number of aromatic nitrogens is 2. The molecule has 3 nitrogen and oxygen atoms in total. The fraction of sp³-hybridized carbons (Fsp3) is 0.286. The van der Waals surface area contributed by atoms with E-state index in [9.17, 15) is 0 Å². The van der Waals surface area contributed by atoms with E-state index in [0.29, 0.717) is 16.8 Å². The van der Waals surface area contributed by atoms with E-state index in [1.165, 1.54) is 0 Å². The smallest absolute Gasteiger partial charge is 0.145 e. The lowest BCUT2D eigenvalue weighted by Crippen LogP contribution is -2.19. The Labute approximate surface area is 112 Å². The summed E-state index contributed by atoms with van der Waals surface area (Å²) in [7, 11) is 0. The summed E-state index contributed by atoms with van der Waals surface area (Å²) in [6.45, 7) is 4.11. The van der Waals surface area contributed by atoms with Crippen molar-refractivity contribution in [2.75, 3.05) is 0 Å².